The molecule has 4 aromatic rings. The van der Waals surface area contributed by atoms with Crippen LogP contribution in [-0.4, -0.2) is 29.4 Å². The molecule has 0 atom stereocenters. The Bertz CT molecular complexity index is 1470. The van der Waals surface area contributed by atoms with E-state index in [1.165, 1.54) is 12.3 Å². The molecule has 0 fully saturated rings. The fraction of sp³-hybridized carbons (Fsp3) is 0.0952. The first-order valence-electron chi connectivity index (χ1n) is 9.10. The first-order chi connectivity index (χ1) is 14.6. The van der Waals surface area contributed by atoms with Crippen molar-refractivity contribution in [3.8, 4) is 33.9 Å². The molecule has 2 aromatic heterocycles. The number of phenolic OH excluding ortho intramolecular Hbond substituents is 2. The topological polar surface area (TPSA) is 147 Å². The molecule has 8 nitrogen and oxygen atoms in total. The predicted molar refractivity (Wildman–Crippen MR) is 118 cm³/mol. The van der Waals surface area contributed by atoms with Crippen molar-refractivity contribution in [1.29, 1.82) is 0 Å². The van der Waals surface area contributed by atoms with Gasteiger partial charge in [-0.15, -0.1) is 0 Å². The number of sulfonamides is 1. The maximum atomic E-state index is 12.8. The second-order valence-corrected chi connectivity index (χ2v) is 9.12. The summed E-state index contributed by atoms with van der Waals surface area (Å²) in [5.74, 6) is -0.845. The molecular formula is C21H17ClN2O6S. The number of hydrogen-bond donors (Lipinski definition) is 4. The van der Waals surface area contributed by atoms with Gasteiger partial charge in [-0.2, -0.15) is 0 Å². The monoisotopic (exact) mass is 460 g/mol. The van der Waals surface area contributed by atoms with Crippen molar-refractivity contribution in [2.75, 3.05) is 5.75 Å². The number of aryl methyl sites for hydroxylation is 1. The lowest BCUT2D eigenvalue weighted by Crippen LogP contribution is -2.18. The van der Waals surface area contributed by atoms with Crippen molar-refractivity contribution in [1.82, 2.24) is 4.98 Å². The maximum absolute atomic E-state index is 12.8. The molecule has 0 aliphatic rings. The highest BCUT2D eigenvalue weighted by molar-refractivity contribution is 7.89. The lowest BCUT2D eigenvalue weighted by Gasteiger charge is -2.11. The Morgan fingerprint density at radius 1 is 1.10 bits per heavy atom. The zero-order chi connectivity index (χ0) is 22.3. The number of rotatable bonds is 5. The largest absolute Gasteiger partial charge is 0.507 e. The van der Waals surface area contributed by atoms with E-state index in [-0.39, 0.29) is 40.2 Å². The minimum absolute atomic E-state index is 0.0306. The van der Waals surface area contributed by atoms with E-state index in [1.54, 1.807) is 30.3 Å². The number of aromatic nitrogens is 1. The number of hydrogen-bond acceptors (Lipinski definition) is 6. The number of aromatic hydroxyl groups is 2. The van der Waals surface area contributed by atoms with Gasteiger partial charge in [0, 0.05) is 41.6 Å². The number of benzene rings is 2. The van der Waals surface area contributed by atoms with Gasteiger partial charge in [0.25, 0.3) is 0 Å². The number of halogens is 1. The first kappa shape index (κ1) is 21.0. The molecule has 0 aliphatic carbocycles. The first-order valence-corrected chi connectivity index (χ1v) is 11.2. The van der Waals surface area contributed by atoms with Crippen LogP contribution in [0.25, 0.3) is 33.4 Å². The molecule has 0 unspecified atom stereocenters. The third kappa shape index (κ3) is 4.15. The van der Waals surface area contributed by atoms with Crippen LogP contribution in [0, 0.1) is 0 Å². The van der Waals surface area contributed by atoms with E-state index in [1.807, 2.05) is 0 Å². The third-order valence-corrected chi connectivity index (χ3v) is 5.89. The molecule has 2 heterocycles. The van der Waals surface area contributed by atoms with Gasteiger partial charge in [0.15, 0.2) is 11.0 Å². The SMILES string of the molecule is NS(=O)(=O)CCc1cc(-c2c(O)cc(O)c3c(=O)cc(-c4ccccc4Cl)oc23)c[nH]1. The predicted octanol–water partition coefficient (Wildman–Crippen LogP) is 3.35. The molecular weight excluding hydrogens is 444 g/mol. The number of fused-ring (bicyclic) bond motifs is 1. The highest BCUT2D eigenvalue weighted by Crippen LogP contribution is 2.42. The van der Waals surface area contributed by atoms with Crippen molar-refractivity contribution in [2.45, 2.75) is 6.42 Å². The standard InChI is InChI=1S/C21H17ClN2O6S/c22-14-4-2-1-3-13(14)18-9-17(27)20-16(26)8-15(25)19(21(20)30-18)11-7-12(24-10-11)5-6-31(23,28)29/h1-4,7-10,24-26H,5-6H2,(H2,23,28,29). The van der Waals surface area contributed by atoms with Gasteiger partial charge in [0.2, 0.25) is 10.0 Å². The van der Waals surface area contributed by atoms with E-state index >= 15 is 0 Å². The highest BCUT2D eigenvalue weighted by Gasteiger charge is 2.21. The lowest BCUT2D eigenvalue weighted by molar-refractivity contribution is 0.454. The summed E-state index contributed by atoms with van der Waals surface area (Å²) >= 11 is 6.23. The van der Waals surface area contributed by atoms with Gasteiger partial charge in [-0.3, -0.25) is 4.79 Å². The van der Waals surface area contributed by atoms with E-state index in [9.17, 15) is 23.4 Å². The van der Waals surface area contributed by atoms with Crippen molar-refractivity contribution in [3.05, 3.63) is 69.6 Å². The molecule has 31 heavy (non-hydrogen) atoms. The summed E-state index contributed by atoms with van der Waals surface area (Å²) in [5, 5.41) is 26.1. The molecule has 10 heteroatoms. The summed E-state index contributed by atoms with van der Waals surface area (Å²) in [5.41, 5.74) is 1.08. The Morgan fingerprint density at radius 2 is 1.84 bits per heavy atom. The van der Waals surface area contributed by atoms with E-state index in [2.05, 4.69) is 4.98 Å². The number of primary sulfonamides is 1. The molecule has 0 aliphatic heterocycles. The zero-order valence-corrected chi connectivity index (χ0v) is 17.5. The Balaban J connectivity index is 1.93. The summed E-state index contributed by atoms with van der Waals surface area (Å²) in [7, 11) is -3.65. The van der Waals surface area contributed by atoms with E-state index < -0.39 is 21.2 Å². The fourth-order valence-electron chi connectivity index (χ4n) is 3.36. The van der Waals surface area contributed by atoms with Crippen molar-refractivity contribution in [3.63, 3.8) is 0 Å². The second kappa shape index (κ2) is 7.77. The van der Waals surface area contributed by atoms with Crippen LogP contribution >= 0.6 is 11.6 Å². The summed E-state index contributed by atoms with van der Waals surface area (Å²) in [6, 6.07) is 10.7. The van der Waals surface area contributed by atoms with Gasteiger partial charge < -0.3 is 19.6 Å². The average Bonchev–Trinajstić information content (AvgIpc) is 3.14. The molecule has 0 saturated heterocycles. The molecule has 5 N–H and O–H groups in total. The van der Waals surface area contributed by atoms with E-state index in [0.717, 1.165) is 6.07 Å². The fourth-order valence-corrected chi connectivity index (χ4v) is 4.09. The van der Waals surface area contributed by atoms with Crippen molar-refractivity contribution >= 4 is 32.6 Å². The molecule has 0 bridgehead atoms. The van der Waals surface area contributed by atoms with Gasteiger partial charge in [-0.05, 0) is 18.2 Å². The van der Waals surface area contributed by atoms with Crippen LogP contribution in [-0.2, 0) is 16.4 Å². The summed E-state index contributed by atoms with van der Waals surface area (Å²) in [6.45, 7) is 0. The zero-order valence-electron chi connectivity index (χ0n) is 15.9. The van der Waals surface area contributed by atoms with Crippen LogP contribution in [0.1, 0.15) is 5.69 Å². The highest BCUT2D eigenvalue weighted by atomic mass is 35.5. The maximum Gasteiger partial charge on any atom is 0.209 e. The summed E-state index contributed by atoms with van der Waals surface area (Å²) < 4.78 is 28.4. The van der Waals surface area contributed by atoms with E-state index in [4.69, 9.17) is 21.2 Å². The quantitative estimate of drug-likeness (QED) is 0.359. The van der Waals surface area contributed by atoms with Crippen LogP contribution in [0.4, 0.5) is 0 Å². The number of nitrogens with one attached hydrogen (secondary N) is 1. The van der Waals surface area contributed by atoms with Gasteiger partial charge >= 0.3 is 0 Å². The smallest absolute Gasteiger partial charge is 0.209 e. The number of H-pyrrole nitrogens is 1. The van der Waals surface area contributed by atoms with E-state index in [0.29, 0.717) is 21.8 Å². The Morgan fingerprint density at radius 3 is 2.55 bits per heavy atom. The molecule has 2 aromatic carbocycles. The van der Waals surface area contributed by atoms with Crippen LogP contribution in [0.3, 0.4) is 0 Å². The molecule has 0 radical (unpaired) electrons. The van der Waals surface area contributed by atoms with Crippen molar-refractivity contribution in [2.24, 2.45) is 5.14 Å². The Kier molecular flexibility index (Phi) is 5.26. The van der Waals surface area contributed by atoms with Crippen LogP contribution in [0.15, 0.2) is 57.9 Å². The molecule has 0 amide bonds. The molecule has 4 rings (SSSR count). The van der Waals surface area contributed by atoms with Gasteiger partial charge in [-0.1, -0.05) is 23.7 Å². The minimum Gasteiger partial charge on any atom is -0.507 e. The van der Waals surface area contributed by atoms with Crippen molar-refractivity contribution < 1.29 is 23.0 Å². The number of aromatic amines is 1. The van der Waals surface area contributed by atoms with Crippen LogP contribution in [0.2, 0.25) is 5.02 Å². The Labute approximate surface area is 181 Å². The van der Waals surface area contributed by atoms with Gasteiger partial charge in [0.05, 0.1) is 16.3 Å². The summed E-state index contributed by atoms with van der Waals surface area (Å²) in [6.07, 6.45) is 1.66. The Hall–Kier alpha value is -3.27. The second-order valence-electron chi connectivity index (χ2n) is 6.98. The van der Waals surface area contributed by atoms with Crippen LogP contribution < -0.4 is 10.6 Å². The minimum atomic E-state index is -3.65. The average molecular weight is 461 g/mol. The lowest BCUT2D eigenvalue weighted by atomic mass is 10.0. The molecule has 0 spiro atoms. The normalized spacial score (nSPS) is 11.8. The molecule has 160 valence electrons. The van der Waals surface area contributed by atoms with Gasteiger partial charge in [-0.25, -0.2) is 13.6 Å². The summed E-state index contributed by atoms with van der Waals surface area (Å²) in [4.78, 5) is 15.7. The third-order valence-electron chi connectivity index (χ3n) is 4.79. The number of phenols is 2. The molecule has 0 saturated carbocycles. The number of nitrogens with two attached hydrogens (primary N) is 1. The van der Waals surface area contributed by atoms with Crippen LogP contribution in [0.5, 0.6) is 11.5 Å². The van der Waals surface area contributed by atoms with Gasteiger partial charge in [0.1, 0.15) is 22.6 Å².